The second-order valence-electron chi connectivity index (χ2n) is 4.43. The van der Waals surface area contributed by atoms with Crippen molar-refractivity contribution in [3.63, 3.8) is 0 Å². The largest absolute Gasteiger partial charge is 0.375 e. The normalized spacial score (nSPS) is 10.2. The van der Waals surface area contributed by atoms with E-state index in [1.807, 2.05) is 6.07 Å². The van der Waals surface area contributed by atoms with Crippen molar-refractivity contribution in [3.05, 3.63) is 40.4 Å². The molecular formula is C14H16N4O2S. The summed E-state index contributed by atoms with van der Waals surface area (Å²) in [5.41, 5.74) is 7.55. The molecule has 0 aliphatic rings. The van der Waals surface area contributed by atoms with Crippen LogP contribution in [-0.4, -0.2) is 23.8 Å². The maximum absolute atomic E-state index is 12.3. The number of likely N-dealkylation sites (N-methyl/N-ethyl adjacent to an activating group) is 1. The van der Waals surface area contributed by atoms with Gasteiger partial charge in [-0.15, -0.1) is 0 Å². The molecule has 0 aliphatic heterocycles. The van der Waals surface area contributed by atoms with E-state index in [9.17, 15) is 9.59 Å². The molecule has 0 saturated heterocycles. The van der Waals surface area contributed by atoms with Crippen LogP contribution < -0.4 is 16.4 Å². The molecule has 0 unspecified atom stereocenters. The third-order valence-corrected chi connectivity index (χ3v) is 3.90. The highest BCUT2D eigenvalue weighted by Gasteiger charge is 2.16. The molecule has 2 rings (SSSR count). The fourth-order valence-corrected chi connectivity index (χ4v) is 2.59. The molecule has 0 spiro atoms. The van der Waals surface area contributed by atoms with Crippen LogP contribution in [0, 0.1) is 6.92 Å². The Bertz CT molecular complexity index is 681. The van der Waals surface area contributed by atoms with E-state index < -0.39 is 0 Å². The van der Waals surface area contributed by atoms with E-state index in [0.29, 0.717) is 21.4 Å². The van der Waals surface area contributed by atoms with Crippen molar-refractivity contribution in [3.8, 4) is 0 Å². The zero-order chi connectivity index (χ0) is 15.4. The van der Waals surface area contributed by atoms with Crippen molar-refractivity contribution in [1.29, 1.82) is 0 Å². The summed E-state index contributed by atoms with van der Waals surface area (Å²) < 4.78 is 0. The van der Waals surface area contributed by atoms with Gasteiger partial charge in [0.15, 0.2) is 5.13 Å². The molecule has 2 aromatic rings. The topological polar surface area (TPSA) is 97.1 Å². The summed E-state index contributed by atoms with van der Waals surface area (Å²) in [6, 6.07) is 7.19. The average molecular weight is 304 g/mol. The van der Waals surface area contributed by atoms with Crippen LogP contribution >= 0.6 is 11.3 Å². The number of aryl methyl sites for hydroxylation is 1. The maximum Gasteiger partial charge on any atom is 0.267 e. The first-order valence-electron chi connectivity index (χ1n) is 6.34. The minimum absolute atomic E-state index is 0.116. The summed E-state index contributed by atoms with van der Waals surface area (Å²) in [6.07, 6.45) is 0.205. The fraction of sp³-hybridized carbons (Fsp3) is 0.214. The molecule has 0 aliphatic carbocycles. The van der Waals surface area contributed by atoms with Crippen LogP contribution in [0.15, 0.2) is 24.3 Å². The summed E-state index contributed by atoms with van der Waals surface area (Å²) in [7, 11) is 1.58. The number of hydrogen-bond acceptors (Lipinski definition) is 5. The highest BCUT2D eigenvalue weighted by atomic mass is 32.1. The van der Waals surface area contributed by atoms with E-state index in [1.165, 1.54) is 0 Å². The molecule has 6 nitrogen and oxygen atoms in total. The van der Waals surface area contributed by atoms with Gasteiger partial charge in [-0.2, -0.15) is 0 Å². The first kappa shape index (κ1) is 15.0. The molecule has 0 atom stereocenters. The van der Waals surface area contributed by atoms with E-state index in [-0.39, 0.29) is 18.2 Å². The molecule has 4 N–H and O–H groups in total. The first-order chi connectivity index (χ1) is 10.0. The Morgan fingerprint density at radius 2 is 2.05 bits per heavy atom. The highest BCUT2D eigenvalue weighted by molar-refractivity contribution is 7.17. The third-order valence-electron chi connectivity index (χ3n) is 2.91. The van der Waals surface area contributed by atoms with Gasteiger partial charge in [-0.3, -0.25) is 9.59 Å². The van der Waals surface area contributed by atoms with E-state index in [2.05, 4.69) is 15.6 Å². The second kappa shape index (κ2) is 6.36. The van der Waals surface area contributed by atoms with Crippen LogP contribution in [0.3, 0.4) is 0 Å². The predicted octanol–water partition coefficient (Wildman–Crippen LogP) is 1.57. The van der Waals surface area contributed by atoms with Crippen molar-refractivity contribution in [2.75, 3.05) is 18.1 Å². The van der Waals surface area contributed by atoms with Gasteiger partial charge in [0.05, 0.1) is 12.1 Å². The van der Waals surface area contributed by atoms with Gasteiger partial charge in [0.1, 0.15) is 4.88 Å². The Balaban J connectivity index is 2.21. The number of nitrogen functional groups attached to an aromatic ring is 1. The number of thiazole rings is 1. The molecule has 1 aromatic heterocycles. The average Bonchev–Trinajstić information content (AvgIpc) is 2.79. The number of amides is 2. The lowest BCUT2D eigenvalue weighted by molar-refractivity contribution is -0.119. The summed E-state index contributed by atoms with van der Waals surface area (Å²) in [4.78, 5) is 28.3. The van der Waals surface area contributed by atoms with Gasteiger partial charge >= 0.3 is 0 Å². The zero-order valence-electron chi connectivity index (χ0n) is 11.8. The maximum atomic E-state index is 12.3. The van der Waals surface area contributed by atoms with E-state index in [1.54, 1.807) is 32.2 Å². The number of carbonyl (C=O) groups is 2. The zero-order valence-corrected chi connectivity index (χ0v) is 12.6. The molecule has 2 amide bonds. The van der Waals surface area contributed by atoms with Crippen LogP contribution in [0.1, 0.15) is 20.9 Å². The lowest BCUT2D eigenvalue weighted by Crippen LogP contribution is -2.21. The molecular weight excluding hydrogens is 288 g/mol. The number of carbonyl (C=O) groups excluding carboxylic acids is 2. The molecule has 0 bridgehead atoms. The number of nitrogens with one attached hydrogen (secondary N) is 2. The van der Waals surface area contributed by atoms with E-state index in [4.69, 9.17) is 5.73 Å². The monoisotopic (exact) mass is 304 g/mol. The van der Waals surface area contributed by atoms with E-state index in [0.717, 1.165) is 16.9 Å². The molecule has 0 saturated carbocycles. The Labute approximate surface area is 126 Å². The number of benzene rings is 1. The molecule has 1 aromatic carbocycles. The van der Waals surface area contributed by atoms with Gasteiger partial charge in [0.2, 0.25) is 5.91 Å². The Kier molecular flexibility index (Phi) is 4.54. The Hall–Kier alpha value is -2.41. The lowest BCUT2D eigenvalue weighted by Gasteiger charge is -2.10. The summed E-state index contributed by atoms with van der Waals surface area (Å²) >= 11 is 1.14. The van der Waals surface area contributed by atoms with Crippen LogP contribution in [0.5, 0.6) is 0 Å². The minimum atomic E-state index is -0.272. The molecule has 7 heteroatoms. The van der Waals surface area contributed by atoms with Crippen molar-refractivity contribution in [2.24, 2.45) is 0 Å². The molecule has 0 radical (unpaired) electrons. The summed E-state index contributed by atoms with van der Waals surface area (Å²) in [5, 5.41) is 5.73. The van der Waals surface area contributed by atoms with Crippen molar-refractivity contribution in [2.45, 2.75) is 13.3 Å². The summed E-state index contributed by atoms with van der Waals surface area (Å²) in [6.45, 7) is 1.73. The number of hydrogen-bond donors (Lipinski definition) is 3. The van der Waals surface area contributed by atoms with Crippen LogP contribution in [0.25, 0.3) is 0 Å². The SMILES string of the molecule is CNC(=O)Cc1ccccc1NC(=O)c1sc(N)nc1C. The number of para-hydroxylation sites is 1. The number of aromatic nitrogens is 1. The standard InChI is InChI=1S/C14H16N4O2S/c1-8-12(21-14(15)17-8)13(20)18-10-6-4-3-5-9(10)7-11(19)16-2/h3-6H,7H2,1-2H3,(H2,15,17)(H,16,19)(H,18,20). The number of nitrogens with two attached hydrogens (primary N) is 1. The predicted molar refractivity (Wildman–Crippen MR) is 83.4 cm³/mol. The third kappa shape index (κ3) is 3.57. The van der Waals surface area contributed by atoms with Gasteiger partial charge in [0, 0.05) is 12.7 Å². The van der Waals surface area contributed by atoms with Crippen LogP contribution in [-0.2, 0) is 11.2 Å². The summed E-state index contributed by atoms with van der Waals surface area (Å²) in [5.74, 6) is -0.388. The molecule has 0 fully saturated rings. The van der Waals surface area contributed by atoms with Gasteiger partial charge in [-0.1, -0.05) is 29.5 Å². The second-order valence-corrected chi connectivity index (χ2v) is 5.46. The van der Waals surface area contributed by atoms with Crippen LogP contribution in [0.4, 0.5) is 10.8 Å². The van der Waals surface area contributed by atoms with Gasteiger partial charge < -0.3 is 16.4 Å². The fourth-order valence-electron chi connectivity index (χ4n) is 1.86. The minimum Gasteiger partial charge on any atom is -0.375 e. The molecule has 21 heavy (non-hydrogen) atoms. The smallest absolute Gasteiger partial charge is 0.267 e. The van der Waals surface area contributed by atoms with E-state index >= 15 is 0 Å². The first-order valence-corrected chi connectivity index (χ1v) is 7.15. The Morgan fingerprint density at radius 3 is 2.67 bits per heavy atom. The number of anilines is 2. The van der Waals surface area contributed by atoms with Crippen molar-refractivity contribution >= 4 is 34.0 Å². The molecule has 1 heterocycles. The van der Waals surface area contributed by atoms with Crippen molar-refractivity contribution in [1.82, 2.24) is 10.3 Å². The van der Waals surface area contributed by atoms with Gasteiger partial charge in [-0.25, -0.2) is 4.98 Å². The van der Waals surface area contributed by atoms with Gasteiger partial charge in [0.25, 0.3) is 5.91 Å². The lowest BCUT2D eigenvalue weighted by atomic mass is 10.1. The van der Waals surface area contributed by atoms with Crippen LogP contribution in [0.2, 0.25) is 0 Å². The highest BCUT2D eigenvalue weighted by Crippen LogP contribution is 2.22. The quantitative estimate of drug-likeness (QED) is 0.798. The Morgan fingerprint density at radius 1 is 1.33 bits per heavy atom. The molecule has 110 valence electrons. The van der Waals surface area contributed by atoms with Gasteiger partial charge in [-0.05, 0) is 18.6 Å². The number of nitrogens with zero attached hydrogens (tertiary/aromatic N) is 1. The van der Waals surface area contributed by atoms with Crippen molar-refractivity contribution < 1.29 is 9.59 Å². The number of rotatable bonds is 4.